The Balaban J connectivity index is 2.00. The van der Waals surface area contributed by atoms with Gasteiger partial charge in [0.05, 0.1) is 0 Å². The third-order valence-corrected chi connectivity index (χ3v) is 3.42. The van der Waals surface area contributed by atoms with Crippen LogP contribution in [-0.2, 0) is 9.59 Å². The number of esters is 1. The minimum absolute atomic E-state index is 0.1000. The zero-order valence-corrected chi connectivity index (χ0v) is 13.6. The average molecular weight is 325 g/mol. The van der Waals surface area contributed by atoms with Crippen molar-refractivity contribution in [2.75, 3.05) is 0 Å². The van der Waals surface area contributed by atoms with Crippen molar-refractivity contribution in [2.24, 2.45) is 0 Å². The van der Waals surface area contributed by atoms with E-state index in [0.717, 1.165) is 0 Å². The Labute approximate surface area is 140 Å². The quantitative estimate of drug-likeness (QED) is 0.503. The van der Waals surface area contributed by atoms with Gasteiger partial charge in [0.25, 0.3) is 0 Å². The maximum Gasteiger partial charge on any atom is 0.333 e. The molecular weight excluding hydrogens is 306 g/mol. The van der Waals surface area contributed by atoms with Gasteiger partial charge in [0.1, 0.15) is 11.8 Å². The highest BCUT2D eigenvalue weighted by atomic mass is 16.5. The van der Waals surface area contributed by atoms with E-state index in [4.69, 9.17) is 4.74 Å². The third kappa shape index (κ3) is 4.52. The minimum atomic E-state index is -0.733. The van der Waals surface area contributed by atoms with Crippen LogP contribution in [0.3, 0.4) is 0 Å². The number of hydrogen-bond acceptors (Lipinski definition) is 4. The molecule has 0 fully saturated rings. The van der Waals surface area contributed by atoms with Crippen LogP contribution in [0, 0.1) is 0 Å². The van der Waals surface area contributed by atoms with Crippen molar-refractivity contribution in [3.05, 3.63) is 65.7 Å². The van der Waals surface area contributed by atoms with Crippen LogP contribution in [0.1, 0.15) is 36.2 Å². The third-order valence-electron chi connectivity index (χ3n) is 3.42. The van der Waals surface area contributed by atoms with Gasteiger partial charge in [-0.15, -0.1) is 0 Å². The van der Waals surface area contributed by atoms with Gasteiger partial charge in [-0.1, -0.05) is 37.3 Å². The van der Waals surface area contributed by atoms with Crippen molar-refractivity contribution in [3.63, 3.8) is 0 Å². The second-order valence-corrected chi connectivity index (χ2v) is 5.28. The SMILES string of the molecule is CCC(=O)NC(C)C(=O)Oc1ccc(C(=O)c2ccccc2)cc1. The molecule has 0 aliphatic heterocycles. The first-order valence-electron chi connectivity index (χ1n) is 7.72. The zero-order chi connectivity index (χ0) is 17.5. The highest BCUT2D eigenvalue weighted by Crippen LogP contribution is 2.16. The number of carbonyl (C=O) groups is 3. The van der Waals surface area contributed by atoms with Crippen LogP contribution in [0.15, 0.2) is 54.6 Å². The molecule has 1 unspecified atom stereocenters. The number of rotatable bonds is 6. The molecular formula is C19H19NO4. The predicted molar refractivity (Wildman–Crippen MR) is 89.8 cm³/mol. The number of nitrogens with one attached hydrogen (secondary N) is 1. The first kappa shape index (κ1) is 17.4. The van der Waals surface area contributed by atoms with Gasteiger partial charge in [0.15, 0.2) is 5.78 Å². The molecule has 0 radical (unpaired) electrons. The maximum absolute atomic E-state index is 12.3. The van der Waals surface area contributed by atoms with Crippen LogP contribution < -0.4 is 10.1 Å². The van der Waals surface area contributed by atoms with Gasteiger partial charge < -0.3 is 10.1 Å². The summed E-state index contributed by atoms with van der Waals surface area (Å²) in [6.45, 7) is 3.26. The van der Waals surface area contributed by atoms with E-state index in [1.807, 2.05) is 6.07 Å². The van der Waals surface area contributed by atoms with Crippen LogP contribution in [0.5, 0.6) is 5.75 Å². The molecule has 0 saturated heterocycles. The van der Waals surface area contributed by atoms with Crippen LogP contribution in [0.2, 0.25) is 0 Å². The van der Waals surface area contributed by atoms with E-state index in [-0.39, 0.29) is 11.7 Å². The molecule has 1 amide bonds. The molecule has 0 spiro atoms. The molecule has 24 heavy (non-hydrogen) atoms. The number of ether oxygens (including phenoxy) is 1. The Morgan fingerprint density at radius 1 is 0.958 bits per heavy atom. The number of hydrogen-bond donors (Lipinski definition) is 1. The van der Waals surface area contributed by atoms with Crippen molar-refractivity contribution < 1.29 is 19.1 Å². The lowest BCUT2D eigenvalue weighted by Crippen LogP contribution is -2.40. The Hall–Kier alpha value is -2.95. The Morgan fingerprint density at radius 2 is 1.54 bits per heavy atom. The van der Waals surface area contributed by atoms with Crippen molar-refractivity contribution in [1.29, 1.82) is 0 Å². The second kappa shape index (κ2) is 8.06. The molecule has 1 atom stereocenters. The average Bonchev–Trinajstić information content (AvgIpc) is 2.62. The molecule has 0 heterocycles. The zero-order valence-electron chi connectivity index (χ0n) is 13.6. The topological polar surface area (TPSA) is 72.5 Å². The summed E-state index contributed by atoms with van der Waals surface area (Å²) in [5.41, 5.74) is 1.10. The summed E-state index contributed by atoms with van der Waals surface area (Å²) in [7, 11) is 0. The van der Waals surface area contributed by atoms with Gasteiger partial charge in [-0.05, 0) is 31.2 Å². The lowest BCUT2D eigenvalue weighted by molar-refractivity contribution is -0.138. The van der Waals surface area contributed by atoms with Gasteiger partial charge >= 0.3 is 5.97 Å². The lowest BCUT2D eigenvalue weighted by atomic mass is 10.0. The molecule has 0 saturated carbocycles. The summed E-state index contributed by atoms with van der Waals surface area (Å²) in [6, 6.07) is 14.5. The fourth-order valence-corrected chi connectivity index (χ4v) is 2.04. The Morgan fingerprint density at radius 3 is 2.12 bits per heavy atom. The van der Waals surface area contributed by atoms with Crippen molar-refractivity contribution >= 4 is 17.7 Å². The normalized spacial score (nSPS) is 11.4. The van der Waals surface area contributed by atoms with Crippen LogP contribution in [-0.4, -0.2) is 23.7 Å². The van der Waals surface area contributed by atoms with E-state index < -0.39 is 12.0 Å². The molecule has 124 valence electrons. The lowest BCUT2D eigenvalue weighted by Gasteiger charge is -2.12. The van der Waals surface area contributed by atoms with E-state index in [0.29, 0.717) is 23.3 Å². The maximum atomic E-state index is 12.3. The summed E-state index contributed by atoms with van der Waals surface area (Å²) >= 11 is 0. The highest BCUT2D eigenvalue weighted by Gasteiger charge is 2.17. The van der Waals surface area contributed by atoms with Crippen LogP contribution >= 0.6 is 0 Å². The molecule has 1 N–H and O–H groups in total. The Kier molecular flexibility index (Phi) is 5.84. The summed E-state index contributed by atoms with van der Waals surface area (Å²) in [6.07, 6.45) is 0.300. The number of benzene rings is 2. The molecule has 0 aliphatic rings. The number of ketones is 1. The van der Waals surface area contributed by atoms with Crippen LogP contribution in [0.4, 0.5) is 0 Å². The van der Waals surface area contributed by atoms with Crippen molar-refractivity contribution in [2.45, 2.75) is 26.3 Å². The van der Waals surface area contributed by atoms with E-state index in [1.165, 1.54) is 0 Å². The first-order valence-corrected chi connectivity index (χ1v) is 7.72. The predicted octanol–water partition coefficient (Wildman–Crippen LogP) is 2.74. The fraction of sp³-hybridized carbons (Fsp3) is 0.211. The smallest absolute Gasteiger partial charge is 0.333 e. The molecule has 2 aromatic rings. The minimum Gasteiger partial charge on any atom is -0.425 e. The molecule has 0 bridgehead atoms. The van der Waals surface area contributed by atoms with E-state index in [2.05, 4.69) is 5.32 Å². The first-order chi connectivity index (χ1) is 11.5. The van der Waals surface area contributed by atoms with Crippen molar-refractivity contribution in [1.82, 2.24) is 5.32 Å². The molecule has 5 nitrogen and oxygen atoms in total. The van der Waals surface area contributed by atoms with E-state index in [1.54, 1.807) is 62.4 Å². The van der Waals surface area contributed by atoms with E-state index >= 15 is 0 Å². The van der Waals surface area contributed by atoms with Gasteiger partial charge in [0.2, 0.25) is 5.91 Å². The summed E-state index contributed by atoms with van der Waals surface area (Å²) < 4.78 is 5.20. The van der Waals surface area contributed by atoms with Gasteiger partial charge in [-0.3, -0.25) is 9.59 Å². The van der Waals surface area contributed by atoms with E-state index in [9.17, 15) is 14.4 Å². The van der Waals surface area contributed by atoms with Gasteiger partial charge in [-0.2, -0.15) is 0 Å². The summed E-state index contributed by atoms with van der Waals surface area (Å²) in [5.74, 6) is -0.554. The van der Waals surface area contributed by atoms with Gasteiger partial charge in [-0.25, -0.2) is 4.79 Å². The molecule has 5 heteroatoms. The standard InChI is InChI=1S/C19H19NO4/c1-3-17(21)20-13(2)19(23)24-16-11-9-15(10-12-16)18(22)14-7-5-4-6-8-14/h4-13H,3H2,1-2H3,(H,20,21). The number of amides is 1. The molecule has 2 aromatic carbocycles. The highest BCUT2D eigenvalue weighted by molar-refractivity contribution is 6.09. The van der Waals surface area contributed by atoms with Crippen molar-refractivity contribution in [3.8, 4) is 5.75 Å². The number of carbonyl (C=O) groups excluding carboxylic acids is 3. The fourth-order valence-electron chi connectivity index (χ4n) is 2.04. The van der Waals surface area contributed by atoms with Gasteiger partial charge in [0, 0.05) is 17.5 Å². The van der Waals surface area contributed by atoms with Crippen LogP contribution in [0.25, 0.3) is 0 Å². The largest absolute Gasteiger partial charge is 0.425 e. The molecule has 2 rings (SSSR count). The summed E-state index contributed by atoms with van der Waals surface area (Å²) in [4.78, 5) is 35.5. The Bertz CT molecular complexity index is 723. The second-order valence-electron chi connectivity index (χ2n) is 5.28. The summed E-state index contributed by atoms with van der Waals surface area (Å²) in [5, 5.41) is 2.53. The molecule has 0 aliphatic carbocycles. The monoisotopic (exact) mass is 325 g/mol. The molecule has 0 aromatic heterocycles.